The van der Waals surface area contributed by atoms with Crippen molar-refractivity contribution < 1.29 is 14.3 Å². The molecule has 0 spiro atoms. The number of methoxy groups -OCH3 is 1. The number of rotatable bonds is 5. The van der Waals surface area contributed by atoms with E-state index in [1.165, 1.54) is 37.0 Å². The fourth-order valence-electron chi connectivity index (χ4n) is 3.69. The number of amides is 2. The van der Waals surface area contributed by atoms with Crippen LogP contribution in [0.5, 0.6) is 0 Å². The molecular weight excluding hydrogens is 444 g/mol. The lowest BCUT2D eigenvalue weighted by atomic mass is 10.2. The number of nitrogens with one attached hydrogen (secondary N) is 2. The van der Waals surface area contributed by atoms with Crippen LogP contribution < -0.4 is 5.32 Å². The Labute approximate surface area is 208 Å². The Morgan fingerprint density at radius 2 is 1.94 bits per heavy atom. The van der Waals surface area contributed by atoms with Crippen LogP contribution in [0.15, 0.2) is 42.6 Å². The third-order valence-electron chi connectivity index (χ3n) is 5.58. The number of fused-ring (bicyclic) bond motifs is 1. The number of carbonyl (C=O) groups is 2. The molecular formula is C26H40N6O3. The third kappa shape index (κ3) is 9.52. The highest BCUT2D eigenvalue weighted by Gasteiger charge is 2.22. The summed E-state index contributed by atoms with van der Waals surface area (Å²) in [5.74, 6) is 0.0970. The SMILES string of the molecule is CCN(CC(C)C)C(=O)C(=O)Nc1cncc2cn[nH]c12.CN1CCCC1.COC1=CCCC=C1. The van der Waals surface area contributed by atoms with Gasteiger partial charge in [-0.3, -0.25) is 19.7 Å². The number of hydrogen-bond donors (Lipinski definition) is 2. The number of aromatic amines is 1. The van der Waals surface area contributed by atoms with Gasteiger partial charge in [-0.15, -0.1) is 0 Å². The molecule has 3 heterocycles. The quantitative estimate of drug-likeness (QED) is 0.622. The molecule has 2 aromatic rings. The zero-order valence-corrected chi connectivity index (χ0v) is 21.7. The van der Waals surface area contributed by atoms with Gasteiger partial charge in [-0.25, -0.2) is 0 Å². The minimum Gasteiger partial charge on any atom is -0.497 e. The van der Waals surface area contributed by atoms with Crippen LogP contribution in [0.25, 0.3) is 10.9 Å². The van der Waals surface area contributed by atoms with Crippen molar-refractivity contribution in [2.45, 2.75) is 46.5 Å². The van der Waals surface area contributed by atoms with E-state index in [0.29, 0.717) is 30.2 Å². The Balaban J connectivity index is 0.000000249. The molecule has 9 nitrogen and oxygen atoms in total. The molecule has 35 heavy (non-hydrogen) atoms. The number of aromatic nitrogens is 3. The van der Waals surface area contributed by atoms with Crippen molar-refractivity contribution in [3.05, 3.63) is 42.6 Å². The number of allylic oxidation sites excluding steroid dienone is 3. The zero-order chi connectivity index (χ0) is 25.6. The summed E-state index contributed by atoms with van der Waals surface area (Å²) in [7, 11) is 3.87. The van der Waals surface area contributed by atoms with Gasteiger partial charge in [0.05, 0.1) is 30.7 Å². The molecule has 0 radical (unpaired) electrons. The maximum atomic E-state index is 12.2. The van der Waals surface area contributed by atoms with Gasteiger partial charge >= 0.3 is 11.8 Å². The van der Waals surface area contributed by atoms with Crippen LogP contribution >= 0.6 is 0 Å². The monoisotopic (exact) mass is 484 g/mol. The second-order valence-electron chi connectivity index (χ2n) is 9.01. The molecule has 2 aliphatic rings. The number of pyridine rings is 1. The first-order chi connectivity index (χ1) is 16.8. The van der Waals surface area contributed by atoms with Crippen LogP contribution in [0.4, 0.5) is 5.69 Å². The van der Waals surface area contributed by atoms with Gasteiger partial charge in [0.2, 0.25) is 0 Å². The summed E-state index contributed by atoms with van der Waals surface area (Å²) in [4.78, 5) is 32.2. The average molecular weight is 485 g/mol. The first kappa shape index (κ1) is 28.0. The average Bonchev–Trinajstić information content (AvgIpc) is 3.55. The molecule has 2 amide bonds. The van der Waals surface area contributed by atoms with E-state index in [4.69, 9.17) is 4.74 Å². The Morgan fingerprint density at radius 1 is 1.20 bits per heavy atom. The van der Waals surface area contributed by atoms with Crippen molar-refractivity contribution in [2.75, 3.05) is 45.7 Å². The van der Waals surface area contributed by atoms with E-state index in [1.54, 1.807) is 19.5 Å². The standard InChI is InChI=1S/C14H19N5O2.C7H10O.C5H11N/c1-4-19(8-9(2)3)14(21)13(20)17-11-7-15-5-10-6-16-18-12(10)11;1-8-7-5-3-2-4-6-7;1-6-4-2-3-5-6/h5-7,9H,4,8H2,1-3H3,(H,16,18)(H,17,20);3,5-6H,2,4H2,1H3;2-5H2,1H3. The molecule has 1 saturated heterocycles. The first-order valence-electron chi connectivity index (χ1n) is 12.3. The lowest BCUT2D eigenvalue weighted by molar-refractivity contribution is -0.143. The maximum absolute atomic E-state index is 12.2. The van der Waals surface area contributed by atoms with E-state index in [0.717, 1.165) is 24.0 Å². The lowest BCUT2D eigenvalue weighted by Gasteiger charge is -2.22. The Kier molecular flexibility index (Phi) is 12.0. The molecule has 2 N–H and O–H groups in total. The van der Waals surface area contributed by atoms with Gasteiger partial charge in [-0.2, -0.15) is 5.10 Å². The van der Waals surface area contributed by atoms with Crippen molar-refractivity contribution >= 4 is 28.4 Å². The van der Waals surface area contributed by atoms with Crippen LogP contribution in [-0.2, 0) is 14.3 Å². The van der Waals surface area contributed by atoms with Gasteiger partial charge in [-0.05, 0) is 70.8 Å². The van der Waals surface area contributed by atoms with Crippen molar-refractivity contribution in [1.29, 1.82) is 0 Å². The van der Waals surface area contributed by atoms with Gasteiger partial charge in [0, 0.05) is 24.7 Å². The van der Waals surface area contributed by atoms with E-state index in [2.05, 4.69) is 44.6 Å². The van der Waals surface area contributed by atoms with Crippen molar-refractivity contribution in [3.63, 3.8) is 0 Å². The minimum atomic E-state index is -0.665. The molecule has 9 heteroatoms. The number of ether oxygens (including phenoxy) is 1. The highest BCUT2D eigenvalue weighted by atomic mass is 16.5. The van der Waals surface area contributed by atoms with Gasteiger partial charge in [0.15, 0.2) is 0 Å². The summed E-state index contributed by atoms with van der Waals surface area (Å²) in [6.45, 7) is 9.54. The Hall–Kier alpha value is -3.20. The fourth-order valence-corrected chi connectivity index (χ4v) is 3.69. The van der Waals surface area contributed by atoms with Gasteiger partial charge in [-0.1, -0.05) is 19.9 Å². The topological polar surface area (TPSA) is 103 Å². The smallest absolute Gasteiger partial charge is 0.314 e. The first-order valence-corrected chi connectivity index (χ1v) is 12.3. The van der Waals surface area contributed by atoms with Gasteiger partial charge in [0.25, 0.3) is 0 Å². The summed E-state index contributed by atoms with van der Waals surface area (Å²) in [6.07, 6.45) is 16.1. The summed E-state index contributed by atoms with van der Waals surface area (Å²) in [5, 5.41) is 10.0. The highest BCUT2D eigenvalue weighted by molar-refractivity contribution is 6.40. The number of hydrogen-bond acceptors (Lipinski definition) is 6. The largest absolute Gasteiger partial charge is 0.497 e. The second kappa shape index (κ2) is 14.9. The van der Waals surface area contributed by atoms with Crippen LogP contribution in [0, 0.1) is 5.92 Å². The predicted molar refractivity (Wildman–Crippen MR) is 140 cm³/mol. The van der Waals surface area contributed by atoms with Crippen molar-refractivity contribution in [3.8, 4) is 0 Å². The Morgan fingerprint density at radius 3 is 2.46 bits per heavy atom. The molecule has 0 bridgehead atoms. The van der Waals surface area contributed by atoms with Crippen molar-refractivity contribution in [2.24, 2.45) is 5.92 Å². The van der Waals surface area contributed by atoms with Crippen LogP contribution in [-0.4, -0.2) is 77.1 Å². The minimum absolute atomic E-state index is 0.305. The van der Waals surface area contributed by atoms with E-state index >= 15 is 0 Å². The molecule has 0 saturated carbocycles. The number of nitrogens with zero attached hydrogens (tertiary/aromatic N) is 4. The molecule has 2 aromatic heterocycles. The summed E-state index contributed by atoms with van der Waals surface area (Å²) in [6, 6.07) is 0. The lowest BCUT2D eigenvalue weighted by Crippen LogP contribution is -2.41. The Bertz CT molecular complexity index is 992. The third-order valence-corrected chi connectivity index (χ3v) is 5.58. The number of likely N-dealkylation sites (tertiary alicyclic amines) is 1. The highest BCUT2D eigenvalue weighted by Crippen LogP contribution is 2.18. The van der Waals surface area contributed by atoms with E-state index < -0.39 is 11.8 Å². The molecule has 1 aliphatic carbocycles. The maximum Gasteiger partial charge on any atom is 0.314 e. The number of carbonyl (C=O) groups excluding carboxylic acids is 2. The van der Waals surface area contributed by atoms with E-state index in [1.807, 2.05) is 26.8 Å². The van der Waals surface area contributed by atoms with Crippen LogP contribution in [0.3, 0.4) is 0 Å². The van der Waals surface area contributed by atoms with Crippen LogP contribution in [0.1, 0.15) is 46.5 Å². The second-order valence-corrected chi connectivity index (χ2v) is 9.01. The molecule has 1 fully saturated rings. The van der Waals surface area contributed by atoms with Gasteiger partial charge in [0.1, 0.15) is 5.76 Å². The summed E-state index contributed by atoms with van der Waals surface area (Å²) >= 11 is 0. The normalized spacial score (nSPS) is 15.0. The zero-order valence-electron chi connectivity index (χ0n) is 21.7. The summed E-state index contributed by atoms with van der Waals surface area (Å²) in [5.41, 5.74) is 1.10. The molecule has 0 unspecified atom stereocenters. The fraction of sp³-hybridized carbons (Fsp3) is 0.538. The number of H-pyrrole nitrogens is 1. The molecule has 0 atom stereocenters. The molecule has 4 rings (SSSR count). The molecule has 0 aromatic carbocycles. The number of likely N-dealkylation sites (N-methyl/N-ethyl adjacent to an activating group) is 1. The van der Waals surface area contributed by atoms with E-state index in [-0.39, 0.29) is 0 Å². The molecule has 1 aliphatic heterocycles. The summed E-state index contributed by atoms with van der Waals surface area (Å²) < 4.78 is 4.97. The number of anilines is 1. The van der Waals surface area contributed by atoms with Gasteiger partial charge < -0.3 is 19.9 Å². The predicted octanol–water partition coefficient (Wildman–Crippen LogP) is 3.98. The van der Waals surface area contributed by atoms with Crippen LogP contribution in [0.2, 0.25) is 0 Å². The van der Waals surface area contributed by atoms with E-state index in [9.17, 15) is 9.59 Å². The molecule has 192 valence electrons. The van der Waals surface area contributed by atoms with Crippen molar-refractivity contribution in [1.82, 2.24) is 25.0 Å².